The van der Waals surface area contributed by atoms with Gasteiger partial charge in [-0.25, -0.2) is 4.98 Å². The third-order valence-corrected chi connectivity index (χ3v) is 6.86. The molecule has 0 radical (unpaired) electrons. The zero-order valence-electron chi connectivity index (χ0n) is 16.7. The van der Waals surface area contributed by atoms with Crippen LogP contribution in [0.3, 0.4) is 0 Å². The van der Waals surface area contributed by atoms with Gasteiger partial charge in [-0.1, -0.05) is 22.9 Å². The second-order valence-electron chi connectivity index (χ2n) is 7.28. The molecule has 8 nitrogen and oxygen atoms in total. The molecule has 168 valence electrons. The first-order valence-electron chi connectivity index (χ1n) is 9.85. The highest BCUT2D eigenvalue weighted by Gasteiger charge is 2.20. The van der Waals surface area contributed by atoms with Crippen LogP contribution in [0.25, 0.3) is 0 Å². The monoisotopic (exact) mass is 494 g/mol. The number of thiazole rings is 1. The van der Waals surface area contributed by atoms with Crippen LogP contribution in [-0.4, -0.2) is 26.8 Å². The third kappa shape index (κ3) is 5.88. The fraction of sp³-hybridized carbons (Fsp3) is 0.238. The van der Waals surface area contributed by atoms with Crippen molar-refractivity contribution in [1.29, 1.82) is 0 Å². The van der Waals surface area contributed by atoms with E-state index in [-0.39, 0.29) is 11.4 Å². The fourth-order valence-electron chi connectivity index (χ4n) is 3.35. The van der Waals surface area contributed by atoms with Crippen molar-refractivity contribution in [3.63, 3.8) is 0 Å². The van der Waals surface area contributed by atoms with Crippen LogP contribution < -0.4 is 20.1 Å². The second kappa shape index (κ2) is 9.60. The van der Waals surface area contributed by atoms with E-state index in [2.05, 4.69) is 10.3 Å². The van der Waals surface area contributed by atoms with E-state index >= 15 is 0 Å². The first kappa shape index (κ1) is 22.8. The van der Waals surface area contributed by atoms with Crippen molar-refractivity contribution in [2.75, 3.05) is 5.32 Å². The molecule has 32 heavy (non-hydrogen) atoms. The number of nitrogens with zero attached hydrogens (tertiary/aromatic N) is 1. The van der Waals surface area contributed by atoms with Crippen LogP contribution in [0.4, 0.5) is 5.13 Å². The molecule has 0 saturated heterocycles. The van der Waals surface area contributed by atoms with E-state index < -0.39 is 13.5 Å². The van der Waals surface area contributed by atoms with Crippen molar-refractivity contribution in [1.82, 2.24) is 4.98 Å². The van der Waals surface area contributed by atoms with Gasteiger partial charge in [0.25, 0.3) is 5.91 Å². The van der Waals surface area contributed by atoms with Gasteiger partial charge < -0.3 is 19.3 Å². The summed E-state index contributed by atoms with van der Waals surface area (Å²) in [6, 6.07) is 10.4. The summed E-state index contributed by atoms with van der Waals surface area (Å²) in [5, 5.41) is 2.97. The molecule has 3 N–H and O–H groups in total. The number of halogens is 1. The summed E-state index contributed by atoms with van der Waals surface area (Å²) in [6.07, 6.45) is 5.65. The summed E-state index contributed by atoms with van der Waals surface area (Å²) in [5.74, 6) is 0.822. The predicted molar refractivity (Wildman–Crippen MR) is 123 cm³/mol. The largest absolute Gasteiger partial charge is 0.490 e. The highest BCUT2D eigenvalue weighted by Crippen LogP contribution is 2.35. The van der Waals surface area contributed by atoms with E-state index in [9.17, 15) is 19.1 Å². The van der Waals surface area contributed by atoms with Gasteiger partial charge in [0.15, 0.2) is 5.13 Å². The Morgan fingerprint density at radius 2 is 1.78 bits per heavy atom. The predicted octanol–water partition coefficient (Wildman–Crippen LogP) is 4.97. The molecule has 1 amide bonds. The van der Waals surface area contributed by atoms with Crippen LogP contribution in [0.1, 0.15) is 36.0 Å². The summed E-state index contributed by atoms with van der Waals surface area (Å²) in [5.41, 5.74) is 0.314. The van der Waals surface area contributed by atoms with E-state index in [1.165, 1.54) is 30.5 Å². The van der Waals surface area contributed by atoms with Crippen molar-refractivity contribution in [2.45, 2.75) is 31.8 Å². The van der Waals surface area contributed by atoms with Gasteiger partial charge in [-0.15, -0.1) is 0 Å². The van der Waals surface area contributed by atoms with Crippen molar-refractivity contribution in [3.05, 3.63) is 58.6 Å². The number of benzene rings is 2. The lowest BCUT2D eigenvalue weighted by atomic mass is 10.2. The number of rotatable bonds is 7. The average Bonchev–Trinajstić information content (AvgIpc) is 3.39. The van der Waals surface area contributed by atoms with E-state index in [1.807, 2.05) is 0 Å². The topological polar surface area (TPSA) is 118 Å². The maximum Gasteiger partial charge on any atom is 0.356 e. The fourth-order valence-corrected chi connectivity index (χ4v) is 4.70. The highest BCUT2D eigenvalue weighted by molar-refractivity contribution is 7.60. The van der Waals surface area contributed by atoms with E-state index in [0.29, 0.717) is 32.3 Å². The van der Waals surface area contributed by atoms with E-state index in [0.717, 1.165) is 37.0 Å². The molecule has 1 heterocycles. The quantitative estimate of drug-likeness (QED) is 0.397. The maximum absolute atomic E-state index is 12.8. The average molecular weight is 495 g/mol. The lowest BCUT2D eigenvalue weighted by Crippen LogP contribution is -2.14. The lowest BCUT2D eigenvalue weighted by molar-refractivity contribution is 0.102. The molecule has 0 atom stereocenters. The number of carbonyl (C=O) groups excluding carboxylic acids is 1. The molecule has 0 bridgehead atoms. The maximum atomic E-state index is 12.8. The summed E-state index contributed by atoms with van der Waals surface area (Å²) in [7, 11) is -4.34. The number of nitrogens with one attached hydrogen (secondary N) is 1. The number of anilines is 1. The van der Waals surface area contributed by atoms with Crippen molar-refractivity contribution in [2.24, 2.45) is 0 Å². The van der Waals surface area contributed by atoms with Crippen LogP contribution in [0, 0.1) is 0 Å². The summed E-state index contributed by atoms with van der Waals surface area (Å²) >= 11 is 7.03. The van der Waals surface area contributed by atoms with Gasteiger partial charge in [-0.05, 0) is 62.1 Å². The van der Waals surface area contributed by atoms with E-state index in [4.69, 9.17) is 21.1 Å². The van der Waals surface area contributed by atoms with Gasteiger partial charge in [0.2, 0.25) is 0 Å². The molecule has 3 aromatic rings. The summed E-state index contributed by atoms with van der Waals surface area (Å²) in [6.45, 7) is 0. The molecular weight excluding hydrogens is 475 g/mol. The Morgan fingerprint density at radius 3 is 2.41 bits per heavy atom. The molecule has 1 fully saturated rings. The van der Waals surface area contributed by atoms with Gasteiger partial charge in [-0.2, -0.15) is 0 Å². The summed E-state index contributed by atoms with van der Waals surface area (Å²) < 4.78 is 23.7. The molecule has 1 aliphatic carbocycles. The Kier molecular flexibility index (Phi) is 6.83. The first-order valence-corrected chi connectivity index (χ1v) is 12.7. The normalized spacial score (nSPS) is 14.3. The minimum Gasteiger partial charge on any atom is -0.490 e. The SMILES string of the molecule is O=C(Nc1ncc(Cl)s1)c1cc(Oc2ccc(P(=O)(O)O)cc2)cc(OC2CCCC2)c1. The second-order valence-corrected chi connectivity index (χ2v) is 10.5. The Bertz CT molecular complexity index is 1160. The molecule has 0 aliphatic heterocycles. The molecule has 11 heteroatoms. The Balaban J connectivity index is 1.58. The van der Waals surface area contributed by atoms with Crippen molar-refractivity contribution < 1.29 is 28.6 Å². The number of hydrogen-bond acceptors (Lipinski definition) is 6. The van der Waals surface area contributed by atoms with Crippen LogP contribution in [0.15, 0.2) is 48.7 Å². The standard InChI is InChI=1S/C21H20ClN2O6PS/c22-19-12-23-21(32-19)24-20(25)13-9-16(29-14-3-1-2-4-14)11-17(10-13)30-15-5-7-18(8-6-15)31(26,27)28/h5-12,14H,1-4H2,(H,23,24,25)(H2,26,27,28). The van der Waals surface area contributed by atoms with Crippen LogP contribution in [0.5, 0.6) is 17.2 Å². The van der Waals surface area contributed by atoms with Gasteiger partial charge in [0, 0.05) is 11.6 Å². The van der Waals surface area contributed by atoms with Crippen molar-refractivity contribution in [3.8, 4) is 17.2 Å². The number of ether oxygens (including phenoxy) is 2. The van der Waals surface area contributed by atoms with Gasteiger partial charge >= 0.3 is 7.60 Å². The summed E-state index contributed by atoms with van der Waals surface area (Å²) in [4.78, 5) is 35.3. The third-order valence-electron chi connectivity index (χ3n) is 4.85. The first-order chi connectivity index (χ1) is 15.3. The molecule has 0 spiro atoms. The zero-order valence-corrected chi connectivity index (χ0v) is 19.2. The smallest absolute Gasteiger partial charge is 0.356 e. The van der Waals surface area contributed by atoms with Gasteiger partial charge in [-0.3, -0.25) is 14.7 Å². The lowest BCUT2D eigenvalue weighted by Gasteiger charge is -2.16. The number of amides is 1. The van der Waals surface area contributed by atoms with Crippen molar-refractivity contribution >= 4 is 46.9 Å². The highest BCUT2D eigenvalue weighted by atomic mass is 35.5. The molecule has 2 aromatic carbocycles. The molecule has 4 rings (SSSR count). The van der Waals surface area contributed by atoms with Crippen LogP contribution in [-0.2, 0) is 4.57 Å². The minimum atomic E-state index is -4.34. The molecule has 1 saturated carbocycles. The van der Waals surface area contributed by atoms with Gasteiger partial charge in [0.1, 0.15) is 21.6 Å². The Hall–Kier alpha value is -2.42. The van der Waals surface area contributed by atoms with Crippen LogP contribution >= 0.6 is 30.5 Å². The minimum absolute atomic E-state index is 0.0847. The number of aromatic nitrogens is 1. The Labute approximate surface area is 193 Å². The molecule has 1 aliphatic rings. The Morgan fingerprint density at radius 1 is 1.09 bits per heavy atom. The molecule has 1 aromatic heterocycles. The zero-order chi connectivity index (χ0) is 22.7. The number of carbonyl (C=O) groups is 1. The van der Waals surface area contributed by atoms with E-state index in [1.54, 1.807) is 18.2 Å². The van der Waals surface area contributed by atoms with Crippen LogP contribution in [0.2, 0.25) is 4.34 Å². The van der Waals surface area contributed by atoms with Gasteiger partial charge in [0.05, 0.1) is 17.6 Å². The molecular formula is C21H20ClN2O6PS. The number of hydrogen-bond donors (Lipinski definition) is 3. The molecule has 0 unspecified atom stereocenters.